The lowest BCUT2D eigenvalue weighted by atomic mass is 9.92. The summed E-state index contributed by atoms with van der Waals surface area (Å²) in [5.74, 6) is -0.928. The number of ether oxygens (including phenoxy) is 1. The van der Waals surface area contributed by atoms with E-state index in [4.69, 9.17) is 9.84 Å². The number of benzene rings is 2. The Kier molecular flexibility index (Phi) is 8.84. The van der Waals surface area contributed by atoms with Gasteiger partial charge in [-0.1, -0.05) is 0 Å². The maximum atomic E-state index is 16.1. The molecule has 59 heavy (non-hydrogen) atoms. The molecule has 7 heterocycles. The fraction of sp³-hybridized carbons (Fsp3) is 0.415. The minimum atomic E-state index is -1.45. The maximum absolute atomic E-state index is 16.1. The number of nitrogens with one attached hydrogen (secondary N) is 3. The summed E-state index contributed by atoms with van der Waals surface area (Å²) in [6.07, 6.45) is 9.16. The van der Waals surface area contributed by atoms with Gasteiger partial charge in [-0.15, -0.1) is 0 Å². The van der Waals surface area contributed by atoms with Crippen molar-refractivity contribution in [2.45, 2.75) is 56.3 Å². The van der Waals surface area contributed by atoms with Crippen molar-refractivity contribution in [2.24, 2.45) is 5.92 Å². The lowest BCUT2D eigenvalue weighted by molar-refractivity contribution is -0.136. The molecule has 10 rings (SSSR count). The fourth-order valence-electron chi connectivity index (χ4n) is 8.64. The molecule has 1 atom stereocenters. The number of piperidine rings is 2. The Labute approximate surface area is 336 Å². The first kappa shape index (κ1) is 36.9. The lowest BCUT2D eigenvalue weighted by Gasteiger charge is -2.48. The van der Waals surface area contributed by atoms with Gasteiger partial charge in [0.2, 0.25) is 11.8 Å². The van der Waals surface area contributed by atoms with Crippen LogP contribution in [0.4, 0.5) is 21.6 Å². The van der Waals surface area contributed by atoms with E-state index in [1.807, 2.05) is 27.9 Å². The molecule has 4 aliphatic heterocycles. The molecule has 3 aromatic heterocycles. The van der Waals surface area contributed by atoms with Crippen molar-refractivity contribution in [3.63, 3.8) is 0 Å². The Morgan fingerprint density at radius 1 is 1.00 bits per heavy atom. The molecule has 1 saturated carbocycles. The molecule has 5 amide bonds. The number of rotatable bonds is 11. The number of carbonyl (C=O) groups excluding carboxylic acids is 5. The van der Waals surface area contributed by atoms with Crippen LogP contribution in [0.3, 0.4) is 0 Å². The van der Waals surface area contributed by atoms with Crippen molar-refractivity contribution < 1.29 is 33.1 Å². The van der Waals surface area contributed by atoms with Crippen molar-refractivity contribution in [3.05, 3.63) is 71.7 Å². The van der Waals surface area contributed by atoms with E-state index in [0.717, 1.165) is 41.5 Å². The average molecular weight is 804 g/mol. The van der Waals surface area contributed by atoms with Crippen molar-refractivity contribution in [1.82, 2.24) is 39.5 Å². The van der Waals surface area contributed by atoms with E-state index in [9.17, 15) is 24.0 Å². The molecular formula is C41H42FN11O6. The normalized spacial score (nSPS) is 20.9. The summed E-state index contributed by atoms with van der Waals surface area (Å²) < 4.78 is 25.9. The predicted octanol–water partition coefficient (Wildman–Crippen LogP) is 3.43. The van der Waals surface area contributed by atoms with Gasteiger partial charge < -0.3 is 20.3 Å². The molecule has 1 unspecified atom stereocenters. The van der Waals surface area contributed by atoms with Gasteiger partial charge in [-0.3, -0.25) is 43.8 Å². The van der Waals surface area contributed by atoms with Gasteiger partial charge in [-0.05, 0) is 68.4 Å². The Morgan fingerprint density at radius 2 is 1.80 bits per heavy atom. The zero-order valence-corrected chi connectivity index (χ0v) is 32.3. The Morgan fingerprint density at radius 3 is 2.56 bits per heavy atom. The van der Waals surface area contributed by atoms with Gasteiger partial charge in [0.25, 0.3) is 17.7 Å². The number of aromatic nitrogens is 5. The highest BCUT2D eigenvalue weighted by Crippen LogP contribution is 2.38. The Hall–Kier alpha value is -6.43. The van der Waals surface area contributed by atoms with Crippen molar-refractivity contribution in [2.75, 3.05) is 61.9 Å². The van der Waals surface area contributed by atoms with E-state index >= 15 is 4.39 Å². The number of amides is 5. The van der Waals surface area contributed by atoms with Crippen molar-refractivity contribution in [1.29, 1.82) is 0 Å². The third kappa shape index (κ3) is 6.79. The number of likely N-dealkylation sites (tertiary alicyclic amines) is 1. The highest BCUT2D eigenvalue weighted by Gasteiger charge is 2.48. The second-order valence-electron chi connectivity index (χ2n) is 16.3. The lowest BCUT2D eigenvalue weighted by Crippen LogP contribution is -2.64. The third-order valence-corrected chi connectivity index (χ3v) is 12.1. The van der Waals surface area contributed by atoms with Crippen LogP contribution in [0.15, 0.2) is 55.0 Å². The van der Waals surface area contributed by atoms with Crippen LogP contribution in [0.2, 0.25) is 0 Å². The first-order chi connectivity index (χ1) is 28.5. The molecule has 5 aromatic rings. The predicted molar refractivity (Wildman–Crippen MR) is 212 cm³/mol. The number of hydrogen-bond donors (Lipinski definition) is 3. The zero-order chi connectivity index (χ0) is 40.6. The number of imide groups is 2. The van der Waals surface area contributed by atoms with Gasteiger partial charge in [0.15, 0.2) is 11.3 Å². The monoisotopic (exact) mass is 803 g/mol. The van der Waals surface area contributed by atoms with Crippen LogP contribution in [0.5, 0.6) is 5.75 Å². The molecule has 0 bridgehead atoms. The first-order valence-corrected chi connectivity index (χ1v) is 20.0. The van der Waals surface area contributed by atoms with E-state index in [1.165, 1.54) is 6.20 Å². The van der Waals surface area contributed by atoms with E-state index in [1.54, 1.807) is 42.0 Å². The average Bonchev–Trinajstić information content (AvgIpc) is 3.72. The zero-order valence-electron chi connectivity index (χ0n) is 32.3. The molecule has 4 fully saturated rings. The quantitative estimate of drug-likeness (QED) is 0.166. The van der Waals surface area contributed by atoms with E-state index in [0.29, 0.717) is 59.8 Å². The fourth-order valence-corrected chi connectivity index (χ4v) is 8.64. The summed E-state index contributed by atoms with van der Waals surface area (Å²) >= 11 is 0. The van der Waals surface area contributed by atoms with Gasteiger partial charge in [-0.25, -0.2) is 13.9 Å². The highest BCUT2D eigenvalue weighted by molar-refractivity contribution is 6.23. The molecular weight excluding hydrogens is 762 g/mol. The summed E-state index contributed by atoms with van der Waals surface area (Å²) in [7, 11) is 1.76. The van der Waals surface area contributed by atoms with Gasteiger partial charge in [-0.2, -0.15) is 10.2 Å². The number of halogens is 1. The molecule has 0 radical (unpaired) electrons. The molecule has 304 valence electrons. The minimum Gasteiger partial charge on any atom is -0.491 e. The first-order valence-electron chi connectivity index (χ1n) is 20.0. The summed E-state index contributed by atoms with van der Waals surface area (Å²) in [4.78, 5) is 73.5. The summed E-state index contributed by atoms with van der Waals surface area (Å²) in [5, 5.41) is 18.3. The van der Waals surface area contributed by atoms with E-state index < -0.39 is 35.3 Å². The summed E-state index contributed by atoms with van der Waals surface area (Å²) in [5.41, 5.74) is 1.61. The largest absolute Gasteiger partial charge is 0.491 e. The number of alkyl halides is 1. The number of fused-ring (bicyclic) bond motifs is 3. The van der Waals surface area contributed by atoms with E-state index in [2.05, 4.69) is 30.9 Å². The molecule has 17 nitrogen and oxygen atoms in total. The molecule has 2 aromatic carbocycles. The van der Waals surface area contributed by atoms with Crippen LogP contribution < -0.4 is 25.6 Å². The minimum absolute atomic E-state index is 0.0446. The van der Waals surface area contributed by atoms with Gasteiger partial charge in [0, 0.05) is 62.6 Å². The number of hydrogen-bond acceptors (Lipinski definition) is 12. The standard InChI is InChI=1S/C41H42FN11O6/c1-43-34-10-13-51-36(46-34)29(17-44-51)37(55)45-31-14-24-18-52(48-30(24)16-33(31)59-19-23-2-3-23)25-8-11-49(12-9-25)20-41(42)21-50(22-41)26-4-5-27-28(15-26)40(58)53(39(27)57)32-6-7-35(54)47-38(32)56/h4-5,10,13-18,23,25,32H,2-3,6-9,11-12,19-22H2,1H3,(H,43,46)(H,45,55)(H,47,54,56). The van der Waals surface area contributed by atoms with Crippen LogP contribution in [0.25, 0.3) is 16.6 Å². The summed E-state index contributed by atoms with van der Waals surface area (Å²) in [6, 6.07) is 9.47. The summed E-state index contributed by atoms with van der Waals surface area (Å²) in [6.45, 7) is 2.50. The SMILES string of the molecule is CNc1ccn2ncc(C(=O)Nc3cc4cn(C5CCN(CC6(F)CN(c7ccc8c(c7)C(=O)N(C7CCC(=O)NC7=O)C8=O)C6)CC5)nc4cc3OCC3CC3)c2n1. The molecule has 5 aliphatic rings. The van der Waals surface area contributed by atoms with Crippen LogP contribution in [-0.2, 0) is 9.59 Å². The molecule has 1 aliphatic carbocycles. The molecule has 18 heteroatoms. The van der Waals surface area contributed by atoms with Gasteiger partial charge in [0.05, 0.1) is 54.3 Å². The number of carbonyl (C=O) groups is 5. The van der Waals surface area contributed by atoms with Gasteiger partial charge >= 0.3 is 0 Å². The molecule has 3 N–H and O–H groups in total. The second-order valence-corrected chi connectivity index (χ2v) is 16.3. The smallest absolute Gasteiger partial charge is 0.262 e. The maximum Gasteiger partial charge on any atom is 0.262 e. The van der Waals surface area contributed by atoms with Crippen molar-refractivity contribution in [3.8, 4) is 5.75 Å². The van der Waals surface area contributed by atoms with Gasteiger partial charge in [0.1, 0.15) is 23.2 Å². The van der Waals surface area contributed by atoms with Crippen LogP contribution in [0, 0.1) is 5.92 Å². The third-order valence-electron chi connectivity index (χ3n) is 12.1. The highest BCUT2D eigenvalue weighted by atomic mass is 19.1. The topological polar surface area (TPSA) is 188 Å². The van der Waals surface area contributed by atoms with Crippen molar-refractivity contribution >= 4 is 63.3 Å². The van der Waals surface area contributed by atoms with Crippen LogP contribution >= 0.6 is 0 Å². The van der Waals surface area contributed by atoms with Crippen LogP contribution in [0.1, 0.15) is 75.6 Å². The Balaban J connectivity index is 0.774. The Bertz CT molecular complexity index is 2570. The molecule has 0 spiro atoms. The number of anilines is 3. The molecule has 3 saturated heterocycles. The van der Waals surface area contributed by atoms with Crippen LogP contribution in [-0.4, -0.2) is 122 Å². The second kappa shape index (κ2) is 14.1. The van der Waals surface area contributed by atoms with E-state index in [-0.39, 0.29) is 55.6 Å². The number of nitrogens with zero attached hydrogens (tertiary/aromatic N) is 8.